The molecule has 0 aliphatic carbocycles. The van der Waals surface area contributed by atoms with E-state index < -0.39 is 0 Å². The van der Waals surface area contributed by atoms with Crippen molar-refractivity contribution in [3.05, 3.63) is 19.3 Å². The van der Waals surface area contributed by atoms with Crippen molar-refractivity contribution in [2.24, 2.45) is 0 Å². The van der Waals surface area contributed by atoms with E-state index in [1.54, 1.807) is 0 Å². The molecule has 0 unspecified atom stereocenters. The number of anilines is 2. The van der Waals surface area contributed by atoms with Gasteiger partial charge in [-0.25, -0.2) is 0 Å². The van der Waals surface area contributed by atoms with Gasteiger partial charge in [0.05, 0.1) is 11.4 Å². The standard InChI is InChI=1S/C10H10I2N2/c11-7-5-9-10(6-8(7)12)14-2-1-13(9)3-4-14/h5-6H,1-4H2. The van der Waals surface area contributed by atoms with Crippen LogP contribution in [0.2, 0.25) is 0 Å². The largest absolute Gasteiger partial charge is 0.366 e. The summed E-state index contributed by atoms with van der Waals surface area (Å²) in [6.45, 7) is 4.79. The molecule has 14 heavy (non-hydrogen) atoms. The van der Waals surface area contributed by atoms with Crippen molar-refractivity contribution >= 4 is 56.6 Å². The highest BCUT2D eigenvalue weighted by Gasteiger charge is 2.28. The van der Waals surface area contributed by atoms with Gasteiger partial charge in [0, 0.05) is 33.3 Å². The average molecular weight is 412 g/mol. The van der Waals surface area contributed by atoms with E-state index in [2.05, 4.69) is 67.1 Å². The molecule has 1 saturated heterocycles. The molecule has 0 saturated carbocycles. The molecule has 4 heteroatoms. The van der Waals surface area contributed by atoms with Gasteiger partial charge in [0.2, 0.25) is 0 Å². The monoisotopic (exact) mass is 412 g/mol. The van der Waals surface area contributed by atoms with Gasteiger partial charge >= 0.3 is 0 Å². The second-order valence-electron chi connectivity index (χ2n) is 3.73. The van der Waals surface area contributed by atoms with Crippen LogP contribution in [-0.4, -0.2) is 26.2 Å². The van der Waals surface area contributed by atoms with Crippen LogP contribution in [0.4, 0.5) is 11.4 Å². The van der Waals surface area contributed by atoms with Crippen molar-refractivity contribution in [3.8, 4) is 0 Å². The Morgan fingerprint density at radius 2 is 1.14 bits per heavy atom. The number of rotatable bonds is 0. The molecule has 3 heterocycles. The molecule has 74 valence electrons. The lowest BCUT2D eigenvalue weighted by Crippen LogP contribution is -2.51. The molecule has 0 aromatic heterocycles. The second kappa shape index (κ2) is 3.40. The topological polar surface area (TPSA) is 6.48 Å². The van der Waals surface area contributed by atoms with Gasteiger partial charge in [-0.05, 0) is 57.3 Å². The average Bonchev–Trinajstić information content (AvgIpc) is 2.22. The minimum absolute atomic E-state index is 1.20. The molecular weight excluding hydrogens is 402 g/mol. The third-order valence-electron chi connectivity index (χ3n) is 2.98. The van der Waals surface area contributed by atoms with Crippen molar-refractivity contribution in [1.82, 2.24) is 0 Å². The summed E-state index contributed by atoms with van der Waals surface area (Å²) in [6, 6.07) is 4.64. The van der Waals surface area contributed by atoms with Gasteiger partial charge in [0.25, 0.3) is 0 Å². The Morgan fingerprint density at radius 1 is 0.786 bits per heavy atom. The van der Waals surface area contributed by atoms with Crippen LogP contribution in [0.3, 0.4) is 0 Å². The lowest BCUT2D eigenvalue weighted by Gasteiger charge is -2.45. The summed E-state index contributed by atoms with van der Waals surface area (Å²) in [5, 5.41) is 0. The molecule has 0 spiro atoms. The fourth-order valence-electron chi connectivity index (χ4n) is 2.22. The van der Waals surface area contributed by atoms with Crippen LogP contribution in [-0.2, 0) is 0 Å². The van der Waals surface area contributed by atoms with Crippen LogP contribution in [0.25, 0.3) is 0 Å². The summed E-state index contributed by atoms with van der Waals surface area (Å²) in [4.78, 5) is 5.02. The van der Waals surface area contributed by atoms with Crippen LogP contribution in [0.15, 0.2) is 12.1 Å². The maximum absolute atomic E-state index is 2.51. The first kappa shape index (κ1) is 9.50. The Bertz CT molecular complexity index is 347. The van der Waals surface area contributed by atoms with Crippen molar-refractivity contribution < 1.29 is 0 Å². The number of hydrogen-bond acceptors (Lipinski definition) is 2. The predicted molar refractivity (Wildman–Crippen MR) is 76.3 cm³/mol. The molecule has 2 bridgehead atoms. The lowest BCUT2D eigenvalue weighted by atomic mass is 10.1. The minimum atomic E-state index is 1.20. The molecular formula is C10H10I2N2. The zero-order valence-electron chi connectivity index (χ0n) is 7.63. The maximum atomic E-state index is 2.51. The lowest BCUT2D eigenvalue weighted by molar-refractivity contribution is 0.624. The van der Waals surface area contributed by atoms with Crippen molar-refractivity contribution in [2.75, 3.05) is 36.0 Å². The summed E-state index contributed by atoms with van der Waals surface area (Å²) in [5.41, 5.74) is 2.87. The number of piperazine rings is 1. The normalized spacial score (nSPS) is 18.7. The third kappa shape index (κ3) is 1.33. The van der Waals surface area contributed by atoms with Crippen LogP contribution in [0.1, 0.15) is 0 Å². The first-order valence-electron chi connectivity index (χ1n) is 4.74. The third-order valence-corrected chi connectivity index (χ3v) is 5.80. The van der Waals surface area contributed by atoms with Gasteiger partial charge in [0.1, 0.15) is 0 Å². The minimum Gasteiger partial charge on any atom is -0.366 e. The van der Waals surface area contributed by atoms with E-state index in [0.717, 1.165) is 0 Å². The van der Waals surface area contributed by atoms with Crippen LogP contribution in [0, 0.1) is 7.14 Å². The Hall–Kier alpha value is 0.280. The second-order valence-corrected chi connectivity index (χ2v) is 6.05. The van der Waals surface area contributed by atoms with E-state index in [4.69, 9.17) is 0 Å². The molecule has 3 aliphatic rings. The van der Waals surface area contributed by atoms with Gasteiger partial charge in [-0.15, -0.1) is 0 Å². The molecule has 0 amide bonds. The van der Waals surface area contributed by atoms with Gasteiger partial charge in [0.15, 0.2) is 0 Å². The predicted octanol–water partition coefficient (Wildman–Crippen LogP) is 2.54. The first-order valence-corrected chi connectivity index (χ1v) is 6.90. The molecule has 0 atom stereocenters. The van der Waals surface area contributed by atoms with E-state index in [1.807, 2.05) is 0 Å². The molecule has 0 N–H and O–H groups in total. The highest BCUT2D eigenvalue weighted by atomic mass is 127. The summed E-state index contributed by atoms with van der Waals surface area (Å²) in [7, 11) is 0. The summed E-state index contributed by atoms with van der Waals surface area (Å²) >= 11 is 4.84. The number of fused-ring (bicyclic) bond motifs is 2. The fraction of sp³-hybridized carbons (Fsp3) is 0.400. The summed E-state index contributed by atoms with van der Waals surface area (Å²) in [6.07, 6.45) is 0. The van der Waals surface area contributed by atoms with Gasteiger partial charge in [-0.1, -0.05) is 0 Å². The molecule has 4 rings (SSSR count). The van der Waals surface area contributed by atoms with Crippen LogP contribution in [0.5, 0.6) is 0 Å². The smallest absolute Gasteiger partial charge is 0.0616 e. The number of nitrogens with zero attached hydrogens (tertiary/aromatic N) is 2. The zero-order valence-corrected chi connectivity index (χ0v) is 11.9. The number of benzene rings is 1. The van der Waals surface area contributed by atoms with Crippen molar-refractivity contribution in [2.45, 2.75) is 0 Å². The zero-order chi connectivity index (χ0) is 9.71. The van der Waals surface area contributed by atoms with Crippen LogP contribution >= 0.6 is 45.2 Å². The van der Waals surface area contributed by atoms with E-state index in [9.17, 15) is 0 Å². The molecule has 3 aliphatic heterocycles. The Kier molecular flexibility index (Phi) is 2.31. The number of halogens is 2. The van der Waals surface area contributed by atoms with Crippen molar-refractivity contribution in [1.29, 1.82) is 0 Å². The maximum Gasteiger partial charge on any atom is 0.0616 e. The number of hydrogen-bond donors (Lipinski definition) is 0. The molecule has 2 nitrogen and oxygen atoms in total. The highest BCUT2D eigenvalue weighted by Crippen LogP contribution is 2.38. The molecule has 0 radical (unpaired) electrons. The quantitative estimate of drug-likeness (QED) is 0.605. The molecule has 1 aromatic rings. The van der Waals surface area contributed by atoms with E-state index in [1.165, 1.54) is 44.7 Å². The molecule has 1 aromatic carbocycles. The van der Waals surface area contributed by atoms with Crippen molar-refractivity contribution in [3.63, 3.8) is 0 Å². The fourth-order valence-corrected chi connectivity index (χ4v) is 3.12. The Labute approximate surface area is 111 Å². The Morgan fingerprint density at radius 3 is 1.50 bits per heavy atom. The van der Waals surface area contributed by atoms with Gasteiger partial charge in [-0.3, -0.25) is 0 Å². The highest BCUT2D eigenvalue weighted by molar-refractivity contribution is 14.1. The van der Waals surface area contributed by atoms with Gasteiger partial charge < -0.3 is 9.80 Å². The molecule has 1 fully saturated rings. The van der Waals surface area contributed by atoms with E-state index in [-0.39, 0.29) is 0 Å². The van der Waals surface area contributed by atoms with Gasteiger partial charge in [-0.2, -0.15) is 0 Å². The summed E-state index contributed by atoms with van der Waals surface area (Å²) in [5.74, 6) is 0. The van der Waals surface area contributed by atoms with E-state index in [0.29, 0.717) is 0 Å². The summed E-state index contributed by atoms with van der Waals surface area (Å²) < 4.78 is 2.74. The van der Waals surface area contributed by atoms with Crippen LogP contribution < -0.4 is 9.80 Å². The SMILES string of the molecule is Ic1cc2c(cc1I)N1CCN2CC1. The first-order chi connectivity index (χ1) is 6.75. The Balaban J connectivity index is 2.20. The van der Waals surface area contributed by atoms with E-state index >= 15 is 0 Å².